The molecule has 0 spiro atoms. The van der Waals surface area contributed by atoms with E-state index in [1.807, 2.05) is 37.3 Å². The van der Waals surface area contributed by atoms with Crippen LogP contribution in [0.25, 0.3) is 0 Å². The molecule has 1 aromatic carbocycles. The summed E-state index contributed by atoms with van der Waals surface area (Å²) in [6.07, 6.45) is 0.780. The minimum atomic E-state index is -0.452. The number of nitrogens with zero attached hydrogens (tertiary/aromatic N) is 2. The fraction of sp³-hybridized carbons (Fsp3) is 0.308. The third-order valence-corrected chi connectivity index (χ3v) is 3.68. The molecule has 0 saturated carbocycles. The number of aromatic amines is 1. The van der Waals surface area contributed by atoms with Crippen LogP contribution in [0, 0.1) is 0 Å². The molecule has 6 heteroatoms. The van der Waals surface area contributed by atoms with Crippen molar-refractivity contribution in [1.29, 1.82) is 0 Å². The van der Waals surface area contributed by atoms with Crippen LogP contribution in [0.3, 0.4) is 0 Å². The fourth-order valence-electron chi connectivity index (χ4n) is 1.58. The standard InChI is InChI=1S/C13H15N3O2S/c1-3-10-14-13(16-15-10)19-11(12(17)18-2)9-7-5-4-6-8-9/h4-8,11H,3H2,1-2H3,(H,14,15,16). The highest BCUT2D eigenvalue weighted by atomic mass is 32.2. The molecular weight excluding hydrogens is 262 g/mol. The molecule has 0 fully saturated rings. The van der Waals surface area contributed by atoms with E-state index in [9.17, 15) is 4.79 Å². The van der Waals surface area contributed by atoms with Crippen LogP contribution < -0.4 is 0 Å². The van der Waals surface area contributed by atoms with E-state index in [0.717, 1.165) is 17.8 Å². The highest BCUT2D eigenvalue weighted by Gasteiger charge is 2.24. The summed E-state index contributed by atoms with van der Waals surface area (Å²) in [6, 6.07) is 9.47. The average Bonchev–Trinajstić information content (AvgIpc) is 2.92. The summed E-state index contributed by atoms with van der Waals surface area (Å²) in [5, 5.41) is 7.02. The van der Waals surface area contributed by atoms with Crippen LogP contribution in [0.4, 0.5) is 0 Å². The molecule has 1 N–H and O–H groups in total. The number of esters is 1. The molecule has 0 bridgehead atoms. The smallest absolute Gasteiger partial charge is 0.323 e. The van der Waals surface area contributed by atoms with Gasteiger partial charge in [0.1, 0.15) is 11.1 Å². The van der Waals surface area contributed by atoms with Crippen LogP contribution in [0.2, 0.25) is 0 Å². The predicted octanol–water partition coefficient (Wildman–Crippen LogP) is 2.37. The predicted molar refractivity (Wildman–Crippen MR) is 72.8 cm³/mol. The van der Waals surface area contributed by atoms with Crippen molar-refractivity contribution in [2.24, 2.45) is 0 Å². The Morgan fingerprint density at radius 1 is 1.42 bits per heavy atom. The Labute approximate surface area is 115 Å². The zero-order valence-corrected chi connectivity index (χ0v) is 11.6. The summed E-state index contributed by atoms with van der Waals surface area (Å²) in [4.78, 5) is 16.2. The Morgan fingerprint density at radius 3 is 2.74 bits per heavy atom. The normalized spacial score (nSPS) is 12.1. The third kappa shape index (κ3) is 3.35. The molecule has 19 heavy (non-hydrogen) atoms. The van der Waals surface area contributed by atoms with Gasteiger partial charge < -0.3 is 4.74 Å². The van der Waals surface area contributed by atoms with Gasteiger partial charge in [-0.15, -0.1) is 5.10 Å². The van der Waals surface area contributed by atoms with Gasteiger partial charge in [-0.1, -0.05) is 49.0 Å². The van der Waals surface area contributed by atoms with Crippen molar-refractivity contribution >= 4 is 17.7 Å². The maximum atomic E-state index is 11.9. The summed E-state index contributed by atoms with van der Waals surface area (Å²) >= 11 is 1.28. The van der Waals surface area contributed by atoms with Crippen molar-refractivity contribution in [2.75, 3.05) is 7.11 Å². The molecular formula is C13H15N3O2S. The van der Waals surface area contributed by atoms with Gasteiger partial charge in [0.2, 0.25) is 5.16 Å². The van der Waals surface area contributed by atoms with Crippen LogP contribution >= 0.6 is 11.8 Å². The van der Waals surface area contributed by atoms with Gasteiger partial charge in [0.05, 0.1) is 7.11 Å². The molecule has 0 aliphatic rings. The van der Waals surface area contributed by atoms with Gasteiger partial charge >= 0.3 is 5.97 Å². The maximum absolute atomic E-state index is 11.9. The quantitative estimate of drug-likeness (QED) is 0.671. The van der Waals surface area contributed by atoms with E-state index < -0.39 is 5.25 Å². The fourth-order valence-corrected chi connectivity index (χ4v) is 2.54. The number of carbonyl (C=O) groups excluding carboxylic acids is 1. The molecule has 1 aromatic heterocycles. The van der Waals surface area contributed by atoms with Crippen molar-refractivity contribution in [3.63, 3.8) is 0 Å². The van der Waals surface area contributed by atoms with Crippen LogP contribution in [-0.2, 0) is 16.0 Å². The lowest BCUT2D eigenvalue weighted by atomic mass is 10.1. The first-order valence-corrected chi connectivity index (χ1v) is 6.83. The molecule has 0 amide bonds. The van der Waals surface area contributed by atoms with Gasteiger partial charge in [0.15, 0.2) is 0 Å². The van der Waals surface area contributed by atoms with Crippen molar-refractivity contribution in [3.8, 4) is 0 Å². The molecule has 1 unspecified atom stereocenters. The number of H-pyrrole nitrogens is 1. The second-order valence-electron chi connectivity index (χ2n) is 3.85. The Kier molecular flexibility index (Phi) is 4.57. The van der Waals surface area contributed by atoms with Crippen LogP contribution in [0.1, 0.15) is 23.6 Å². The van der Waals surface area contributed by atoms with Crippen molar-refractivity contribution in [3.05, 3.63) is 41.7 Å². The summed E-state index contributed by atoms with van der Waals surface area (Å²) in [6.45, 7) is 1.99. The highest BCUT2D eigenvalue weighted by Crippen LogP contribution is 2.34. The molecule has 100 valence electrons. The van der Waals surface area contributed by atoms with E-state index in [-0.39, 0.29) is 5.97 Å². The minimum absolute atomic E-state index is 0.306. The van der Waals surface area contributed by atoms with Gasteiger partial charge in [-0.05, 0) is 5.56 Å². The number of aromatic nitrogens is 3. The molecule has 5 nitrogen and oxygen atoms in total. The van der Waals surface area contributed by atoms with E-state index in [1.54, 1.807) is 0 Å². The van der Waals surface area contributed by atoms with E-state index >= 15 is 0 Å². The monoisotopic (exact) mass is 277 g/mol. The lowest BCUT2D eigenvalue weighted by Crippen LogP contribution is -2.11. The molecule has 0 radical (unpaired) electrons. The number of ether oxygens (including phenoxy) is 1. The number of rotatable bonds is 5. The molecule has 1 atom stereocenters. The number of hydrogen-bond acceptors (Lipinski definition) is 5. The lowest BCUT2D eigenvalue weighted by molar-refractivity contribution is -0.140. The third-order valence-electron chi connectivity index (χ3n) is 2.59. The first-order valence-electron chi connectivity index (χ1n) is 5.95. The summed E-state index contributed by atoms with van der Waals surface area (Å²) in [5.41, 5.74) is 0.877. The van der Waals surface area contributed by atoms with Crippen LogP contribution in [0.15, 0.2) is 35.5 Å². The second-order valence-corrected chi connectivity index (χ2v) is 4.92. The van der Waals surface area contributed by atoms with Gasteiger partial charge in [0.25, 0.3) is 0 Å². The number of carbonyl (C=O) groups is 1. The highest BCUT2D eigenvalue weighted by molar-refractivity contribution is 8.00. The maximum Gasteiger partial charge on any atom is 0.323 e. The topological polar surface area (TPSA) is 67.9 Å². The summed E-state index contributed by atoms with van der Waals surface area (Å²) in [5.74, 6) is 0.498. The number of aryl methyl sites for hydroxylation is 1. The zero-order valence-electron chi connectivity index (χ0n) is 10.8. The molecule has 0 aliphatic carbocycles. The molecule has 0 saturated heterocycles. The van der Waals surface area contributed by atoms with Gasteiger partial charge in [-0.3, -0.25) is 9.89 Å². The van der Waals surface area contributed by atoms with Crippen molar-refractivity contribution in [2.45, 2.75) is 23.8 Å². The molecule has 2 rings (SSSR count). The first kappa shape index (κ1) is 13.6. The number of thioether (sulfide) groups is 1. The van der Waals surface area contributed by atoms with Gasteiger partial charge in [-0.2, -0.15) is 0 Å². The first-order chi connectivity index (χ1) is 9.24. The van der Waals surface area contributed by atoms with Crippen molar-refractivity contribution in [1.82, 2.24) is 15.2 Å². The SMILES string of the molecule is CCc1nc(SC(C(=O)OC)c2ccccc2)n[nH]1. The largest absolute Gasteiger partial charge is 0.468 e. The molecule has 0 aliphatic heterocycles. The van der Waals surface area contributed by atoms with Crippen LogP contribution in [-0.4, -0.2) is 28.3 Å². The number of benzene rings is 1. The van der Waals surface area contributed by atoms with E-state index in [4.69, 9.17) is 4.74 Å². The zero-order chi connectivity index (χ0) is 13.7. The van der Waals surface area contributed by atoms with Gasteiger partial charge in [0, 0.05) is 6.42 Å². The Morgan fingerprint density at radius 2 is 2.16 bits per heavy atom. The average molecular weight is 277 g/mol. The van der Waals surface area contributed by atoms with E-state index in [0.29, 0.717) is 5.16 Å². The van der Waals surface area contributed by atoms with Gasteiger partial charge in [-0.25, -0.2) is 4.98 Å². The van der Waals surface area contributed by atoms with E-state index in [1.165, 1.54) is 18.9 Å². The summed E-state index contributed by atoms with van der Waals surface area (Å²) < 4.78 is 4.85. The Bertz CT molecular complexity index is 542. The Balaban J connectivity index is 2.21. The van der Waals surface area contributed by atoms with E-state index in [2.05, 4.69) is 15.2 Å². The number of nitrogens with one attached hydrogen (secondary N) is 1. The minimum Gasteiger partial charge on any atom is -0.468 e. The van der Waals surface area contributed by atoms with Crippen molar-refractivity contribution < 1.29 is 9.53 Å². The second kappa shape index (κ2) is 6.38. The summed E-state index contributed by atoms with van der Waals surface area (Å²) in [7, 11) is 1.38. The number of hydrogen-bond donors (Lipinski definition) is 1. The Hall–Kier alpha value is -1.82. The number of methoxy groups -OCH3 is 1. The molecule has 1 heterocycles. The van der Waals surface area contributed by atoms with Crippen LogP contribution in [0.5, 0.6) is 0 Å². The lowest BCUT2D eigenvalue weighted by Gasteiger charge is -2.12. The molecule has 2 aromatic rings.